The first-order valence-electron chi connectivity index (χ1n) is 8.64. The molecule has 0 aliphatic carbocycles. The topological polar surface area (TPSA) is 47.0 Å². The van der Waals surface area contributed by atoms with Crippen LogP contribution in [-0.4, -0.2) is 83.7 Å². The van der Waals surface area contributed by atoms with E-state index in [1.165, 1.54) is 38.8 Å². The Morgan fingerprint density at radius 3 is 2.33 bits per heavy atom. The Bertz CT molecular complexity index is 349. The zero-order valence-corrected chi connectivity index (χ0v) is 13.0. The molecule has 1 amide bonds. The number of rotatable bonds is 5. The molecule has 21 heavy (non-hydrogen) atoms. The number of carbonyl (C=O) groups excluding carboxylic acids is 1. The van der Waals surface area contributed by atoms with E-state index in [1.807, 2.05) is 4.90 Å². The molecule has 3 saturated heterocycles. The van der Waals surface area contributed by atoms with E-state index in [0.29, 0.717) is 13.0 Å². The lowest BCUT2D eigenvalue weighted by molar-refractivity contribution is -0.129. The highest BCUT2D eigenvalue weighted by Crippen LogP contribution is 2.21. The van der Waals surface area contributed by atoms with Crippen molar-refractivity contribution in [3.05, 3.63) is 0 Å². The summed E-state index contributed by atoms with van der Waals surface area (Å²) in [6, 6.07) is 0.765. The number of hydrogen-bond acceptors (Lipinski definition) is 4. The number of nitrogens with zero attached hydrogens (tertiary/aromatic N) is 3. The van der Waals surface area contributed by atoms with E-state index in [0.717, 1.165) is 38.6 Å². The highest BCUT2D eigenvalue weighted by atomic mass is 16.3. The Kier molecular flexibility index (Phi) is 5.14. The second kappa shape index (κ2) is 7.07. The Balaban J connectivity index is 1.37. The van der Waals surface area contributed by atoms with Crippen molar-refractivity contribution in [3.8, 4) is 0 Å². The predicted octanol–water partition coefficient (Wildman–Crippen LogP) is 0.530. The van der Waals surface area contributed by atoms with Gasteiger partial charge in [0.1, 0.15) is 0 Å². The molecule has 5 nitrogen and oxygen atoms in total. The van der Waals surface area contributed by atoms with Crippen molar-refractivity contribution in [1.82, 2.24) is 14.7 Å². The molecular formula is C16H29N3O2. The van der Waals surface area contributed by atoms with E-state index in [9.17, 15) is 9.90 Å². The van der Waals surface area contributed by atoms with Crippen molar-refractivity contribution in [3.63, 3.8) is 0 Å². The molecule has 5 heteroatoms. The lowest BCUT2D eigenvalue weighted by Gasteiger charge is -2.37. The molecule has 0 radical (unpaired) electrons. The van der Waals surface area contributed by atoms with Gasteiger partial charge in [-0.1, -0.05) is 0 Å². The van der Waals surface area contributed by atoms with Crippen LogP contribution >= 0.6 is 0 Å². The van der Waals surface area contributed by atoms with Gasteiger partial charge in [-0.05, 0) is 58.3 Å². The van der Waals surface area contributed by atoms with Crippen molar-refractivity contribution < 1.29 is 9.90 Å². The first kappa shape index (κ1) is 15.3. The van der Waals surface area contributed by atoms with Crippen LogP contribution in [0.2, 0.25) is 0 Å². The second-order valence-corrected chi connectivity index (χ2v) is 6.87. The fourth-order valence-corrected chi connectivity index (χ4v) is 4.08. The Morgan fingerprint density at radius 2 is 1.71 bits per heavy atom. The van der Waals surface area contributed by atoms with Gasteiger partial charge in [0.2, 0.25) is 5.91 Å². The number of hydrogen-bond donors (Lipinski definition) is 1. The van der Waals surface area contributed by atoms with E-state index >= 15 is 0 Å². The molecule has 0 saturated carbocycles. The lowest BCUT2D eigenvalue weighted by Crippen LogP contribution is -2.47. The van der Waals surface area contributed by atoms with Gasteiger partial charge in [-0.3, -0.25) is 4.79 Å². The smallest absolute Gasteiger partial charge is 0.222 e. The third-order valence-corrected chi connectivity index (χ3v) is 5.29. The predicted molar refractivity (Wildman–Crippen MR) is 82.1 cm³/mol. The van der Waals surface area contributed by atoms with Gasteiger partial charge in [-0.15, -0.1) is 0 Å². The highest BCUT2D eigenvalue weighted by molar-refractivity contribution is 5.78. The number of piperidine rings is 1. The van der Waals surface area contributed by atoms with E-state index < -0.39 is 6.10 Å². The maximum Gasteiger partial charge on any atom is 0.222 e. The molecule has 0 bridgehead atoms. The summed E-state index contributed by atoms with van der Waals surface area (Å²) in [6.07, 6.45) is 6.41. The molecule has 1 unspecified atom stereocenters. The first-order valence-corrected chi connectivity index (χ1v) is 8.64. The largest absolute Gasteiger partial charge is 0.390 e. The third kappa shape index (κ3) is 3.96. The van der Waals surface area contributed by atoms with Crippen LogP contribution in [-0.2, 0) is 4.79 Å². The summed E-state index contributed by atoms with van der Waals surface area (Å²) in [5.41, 5.74) is 0. The summed E-state index contributed by atoms with van der Waals surface area (Å²) in [4.78, 5) is 18.4. The quantitative estimate of drug-likeness (QED) is 0.804. The molecule has 1 N–H and O–H groups in total. The van der Waals surface area contributed by atoms with Gasteiger partial charge in [0.15, 0.2) is 0 Å². The minimum absolute atomic E-state index is 0.210. The van der Waals surface area contributed by atoms with Crippen LogP contribution in [0.3, 0.4) is 0 Å². The normalized spacial score (nSPS) is 27.7. The monoisotopic (exact) mass is 295 g/mol. The fraction of sp³-hybridized carbons (Fsp3) is 0.938. The van der Waals surface area contributed by atoms with Crippen LogP contribution in [0.4, 0.5) is 0 Å². The molecule has 3 heterocycles. The zero-order chi connectivity index (χ0) is 14.7. The zero-order valence-electron chi connectivity index (χ0n) is 13.0. The van der Waals surface area contributed by atoms with Crippen molar-refractivity contribution in [2.24, 2.45) is 0 Å². The molecule has 3 rings (SSSR count). The highest BCUT2D eigenvalue weighted by Gasteiger charge is 2.28. The van der Waals surface area contributed by atoms with Crippen LogP contribution in [0.5, 0.6) is 0 Å². The molecular weight excluding hydrogens is 266 g/mol. The SMILES string of the molecule is O=C1CCCN1CC(O)CN1CCC(N2CCCC2)CC1. The van der Waals surface area contributed by atoms with E-state index in [2.05, 4.69) is 9.80 Å². The minimum Gasteiger partial charge on any atom is -0.390 e. The van der Waals surface area contributed by atoms with Gasteiger partial charge in [-0.2, -0.15) is 0 Å². The molecule has 0 aromatic heterocycles. The molecule has 3 aliphatic rings. The molecule has 1 atom stereocenters. The molecule has 3 fully saturated rings. The van der Waals surface area contributed by atoms with Gasteiger partial charge >= 0.3 is 0 Å². The van der Waals surface area contributed by atoms with Crippen molar-refractivity contribution in [2.75, 3.05) is 45.8 Å². The Morgan fingerprint density at radius 1 is 1.00 bits per heavy atom. The molecule has 3 aliphatic heterocycles. The van der Waals surface area contributed by atoms with Crippen LogP contribution in [0.15, 0.2) is 0 Å². The van der Waals surface area contributed by atoms with Gasteiger partial charge in [0.25, 0.3) is 0 Å². The average Bonchev–Trinajstić information content (AvgIpc) is 3.12. The van der Waals surface area contributed by atoms with Crippen molar-refractivity contribution in [2.45, 2.75) is 50.7 Å². The molecule has 0 spiro atoms. The van der Waals surface area contributed by atoms with Crippen LogP contribution in [0.25, 0.3) is 0 Å². The van der Waals surface area contributed by atoms with Gasteiger partial charge in [-0.25, -0.2) is 0 Å². The fourth-order valence-electron chi connectivity index (χ4n) is 4.08. The van der Waals surface area contributed by atoms with Crippen LogP contribution < -0.4 is 0 Å². The minimum atomic E-state index is -0.393. The van der Waals surface area contributed by atoms with E-state index in [-0.39, 0.29) is 5.91 Å². The number of likely N-dealkylation sites (tertiary alicyclic amines) is 3. The molecule has 0 aromatic rings. The Hall–Kier alpha value is -0.650. The number of carbonyl (C=O) groups is 1. The number of aliphatic hydroxyl groups is 1. The summed E-state index contributed by atoms with van der Waals surface area (Å²) >= 11 is 0. The molecule has 0 aromatic carbocycles. The number of β-amino-alcohol motifs (C(OH)–C–C–N with tert-alkyl or cyclic N) is 1. The van der Waals surface area contributed by atoms with Gasteiger partial charge in [0.05, 0.1) is 6.10 Å². The second-order valence-electron chi connectivity index (χ2n) is 6.87. The summed E-state index contributed by atoms with van der Waals surface area (Å²) in [5.74, 6) is 0.210. The van der Waals surface area contributed by atoms with Crippen LogP contribution in [0.1, 0.15) is 38.5 Å². The lowest BCUT2D eigenvalue weighted by atomic mass is 10.0. The first-order chi connectivity index (χ1) is 10.2. The summed E-state index contributed by atoms with van der Waals surface area (Å²) in [6.45, 7) is 6.81. The third-order valence-electron chi connectivity index (χ3n) is 5.29. The van der Waals surface area contributed by atoms with Crippen molar-refractivity contribution >= 4 is 5.91 Å². The summed E-state index contributed by atoms with van der Waals surface area (Å²) in [5, 5.41) is 10.2. The van der Waals surface area contributed by atoms with Gasteiger partial charge in [0, 0.05) is 32.1 Å². The number of aliphatic hydroxyl groups excluding tert-OH is 1. The summed E-state index contributed by atoms with van der Waals surface area (Å²) in [7, 11) is 0. The maximum atomic E-state index is 11.6. The Labute approximate surface area is 127 Å². The average molecular weight is 295 g/mol. The van der Waals surface area contributed by atoms with Gasteiger partial charge < -0.3 is 19.8 Å². The van der Waals surface area contributed by atoms with E-state index in [4.69, 9.17) is 0 Å². The van der Waals surface area contributed by atoms with Crippen molar-refractivity contribution in [1.29, 1.82) is 0 Å². The number of amides is 1. The van der Waals surface area contributed by atoms with E-state index in [1.54, 1.807) is 0 Å². The van der Waals surface area contributed by atoms with Crippen LogP contribution in [0, 0.1) is 0 Å². The molecule has 120 valence electrons. The summed E-state index contributed by atoms with van der Waals surface area (Å²) < 4.78 is 0. The maximum absolute atomic E-state index is 11.6. The standard InChI is InChI=1S/C16H29N3O2/c20-15(13-19-9-3-4-16(19)21)12-17-10-5-14(6-11-17)18-7-1-2-8-18/h14-15,20H,1-13H2.